The van der Waals surface area contributed by atoms with Crippen molar-refractivity contribution in [2.24, 2.45) is 5.92 Å². The van der Waals surface area contributed by atoms with Crippen LogP contribution in [0.25, 0.3) is 0 Å². The van der Waals surface area contributed by atoms with E-state index in [9.17, 15) is 19.2 Å². The fraction of sp³-hybridized carbons (Fsp3) is 0.538. The lowest BCUT2D eigenvalue weighted by Crippen LogP contribution is -2.37. The molecule has 0 spiro atoms. The zero-order chi connectivity index (χ0) is 15.4. The average molecular weight is 295 g/mol. The van der Waals surface area contributed by atoms with Crippen LogP contribution in [-0.2, 0) is 16.1 Å². The predicted octanol–water partition coefficient (Wildman–Crippen LogP) is -0.750. The molecule has 2 N–H and O–H groups in total. The van der Waals surface area contributed by atoms with Gasteiger partial charge in [0.25, 0.3) is 11.1 Å². The van der Waals surface area contributed by atoms with E-state index in [1.54, 1.807) is 4.90 Å². The molecule has 2 heterocycles. The number of hydrogen-bond donors (Lipinski definition) is 2. The first-order chi connectivity index (χ1) is 9.95. The van der Waals surface area contributed by atoms with E-state index in [1.165, 1.54) is 0 Å². The Morgan fingerprint density at radius 2 is 2.10 bits per heavy atom. The Labute approximate surface area is 120 Å². The normalized spacial score (nSPS) is 17.9. The maximum Gasteiger partial charge on any atom is 0.303 e. The van der Waals surface area contributed by atoms with Gasteiger partial charge in [-0.2, -0.15) is 0 Å². The number of carbonyl (C=O) groups is 2. The highest BCUT2D eigenvalue weighted by Gasteiger charge is 2.26. The molecule has 1 saturated heterocycles. The second-order valence-corrected chi connectivity index (χ2v) is 5.16. The molecule has 1 aromatic rings. The van der Waals surface area contributed by atoms with Crippen molar-refractivity contribution in [3.05, 3.63) is 32.8 Å². The third-order valence-electron chi connectivity index (χ3n) is 3.59. The zero-order valence-corrected chi connectivity index (χ0v) is 11.4. The first-order valence-electron chi connectivity index (χ1n) is 6.75. The summed E-state index contributed by atoms with van der Waals surface area (Å²) < 4.78 is 0.981. The monoisotopic (exact) mass is 295 g/mol. The van der Waals surface area contributed by atoms with Gasteiger partial charge >= 0.3 is 5.97 Å². The third kappa shape index (κ3) is 4.04. The third-order valence-corrected chi connectivity index (χ3v) is 3.59. The van der Waals surface area contributed by atoms with Crippen LogP contribution in [0.3, 0.4) is 0 Å². The molecule has 1 atom stereocenters. The minimum Gasteiger partial charge on any atom is -0.481 e. The molecule has 0 aliphatic carbocycles. The van der Waals surface area contributed by atoms with Gasteiger partial charge in [0.1, 0.15) is 6.54 Å². The van der Waals surface area contributed by atoms with E-state index in [1.807, 2.05) is 0 Å². The number of hydrogen-bond acceptors (Lipinski definition) is 4. The maximum absolute atomic E-state index is 12.1. The number of amides is 1. The van der Waals surface area contributed by atoms with Gasteiger partial charge in [0.05, 0.1) is 0 Å². The molecule has 1 amide bonds. The molecule has 2 rings (SSSR count). The second-order valence-electron chi connectivity index (χ2n) is 5.16. The number of likely N-dealkylation sites (tertiary alicyclic amines) is 1. The van der Waals surface area contributed by atoms with E-state index in [4.69, 9.17) is 5.11 Å². The van der Waals surface area contributed by atoms with Crippen molar-refractivity contribution in [1.82, 2.24) is 14.7 Å². The van der Waals surface area contributed by atoms with Crippen LogP contribution in [0.2, 0.25) is 0 Å². The minimum absolute atomic E-state index is 0.0954. The van der Waals surface area contributed by atoms with Crippen LogP contribution in [0, 0.1) is 5.92 Å². The average Bonchev–Trinajstić information content (AvgIpc) is 2.89. The number of carboxylic acid groups (broad SMARTS) is 1. The van der Waals surface area contributed by atoms with E-state index in [0.29, 0.717) is 19.5 Å². The highest BCUT2D eigenvalue weighted by molar-refractivity contribution is 5.76. The van der Waals surface area contributed by atoms with Gasteiger partial charge in [0.2, 0.25) is 5.91 Å². The summed E-state index contributed by atoms with van der Waals surface area (Å²) in [7, 11) is 0. The summed E-state index contributed by atoms with van der Waals surface area (Å²) in [6.45, 7) is 0.841. The molecule has 8 nitrogen and oxygen atoms in total. The molecule has 1 aliphatic heterocycles. The van der Waals surface area contributed by atoms with Crippen molar-refractivity contribution >= 4 is 11.9 Å². The van der Waals surface area contributed by atoms with Crippen molar-refractivity contribution in [2.45, 2.75) is 25.8 Å². The van der Waals surface area contributed by atoms with Gasteiger partial charge in [-0.25, -0.2) is 4.68 Å². The van der Waals surface area contributed by atoms with Crippen molar-refractivity contribution in [3.63, 3.8) is 0 Å². The van der Waals surface area contributed by atoms with Gasteiger partial charge < -0.3 is 10.0 Å². The quantitative estimate of drug-likeness (QED) is 0.742. The van der Waals surface area contributed by atoms with Crippen molar-refractivity contribution in [3.8, 4) is 0 Å². The molecule has 21 heavy (non-hydrogen) atoms. The van der Waals surface area contributed by atoms with E-state index in [-0.39, 0.29) is 24.8 Å². The highest BCUT2D eigenvalue weighted by Crippen LogP contribution is 2.21. The number of nitrogens with zero attached hydrogens (tertiary/aromatic N) is 2. The molecule has 1 aromatic heterocycles. The lowest BCUT2D eigenvalue weighted by molar-refractivity contribution is -0.137. The number of aliphatic carboxylic acids is 1. The van der Waals surface area contributed by atoms with Gasteiger partial charge in [-0.1, -0.05) is 0 Å². The molecular formula is C13H17N3O5. The molecule has 0 saturated carbocycles. The van der Waals surface area contributed by atoms with Crippen molar-refractivity contribution < 1.29 is 14.7 Å². The summed E-state index contributed by atoms with van der Waals surface area (Å²) in [4.78, 5) is 46.9. The Morgan fingerprint density at radius 3 is 2.81 bits per heavy atom. The summed E-state index contributed by atoms with van der Waals surface area (Å²) in [5.41, 5.74) is -0.882. The summed E-state index contributed by atoms with van der Waals surface area (Å²) in [5.74, 6) is -0.915. The van der Waals surface area contributed by atoms with Gasteiger partial charge in [-0.05, 0) is 18.8 Å². The summed E-state index contributed by atoms with van der Waals surface area (Å²) in [5, 5.41) is 11.0. The number of carboxylic acids is 1. The van der Waals surface area contributed by atoms with E-state index >= 15 is 0 Å². The van der Waals surface area contributed by atoms with E-state index in [0.717, 1.165) is 23.2 Å². The number of aromatic nitrogens is 2. The van der Waals surface area contributed by atoms with E-state index in [2.05, 4.69) is 5.10 Å². The highest BCUT2D eigenvalue weighted by atomic mass is 16.4. The first kappa shape index (κ1) is 15.0. The smallest absolute Gasteiger partial charge is 0.303 e. The molecule has 114 valence electrons. The SMILES string of the molecule is O=C(O)CCC1CCN(C(=O)Cn2[nH]c(=O)ccc2=O)C1. The van der Waals surface area contributed by atoms with Gasteiger partial charge in [0, 0.05) is 31.6 Å². The molecule has 0 radical (unpaired) electrons. The number of carbonyl (C=O) groups excluding carboxylic acids is 1. The van der Waals surface area contributed by atoms with Crippen molar-refractivity contribution in [2.75, 3.05) is 13.1 Å². The van der Waals surface area contributed by atoms with Crippen LogP contribution in [0.4, 0.5) is 0 Å². The van der Waals surface area contributed by atoms with Crippen LogP contribution in [0.5, 0.6) is 0 Å². The van der Waals surface area contributed by atoms with Gasteiger partial charge in [-0.3, -0.25) is 24.3 Å². The summed E-state index contributed by atoms with van der Waals surface area (Å²) in [6.07, 6.45) is 1.40. The minimum atomic E-state index is -0.840. The fourth-order valence-corrected chi connectivity index (χ4v) is 2.44. The standard InChI is InChI=1S/C13H17N3O5/c17-10-2-3-11(18)16(14-10)8-12(19)15-6-5-9(7-15)1-4-13(20)21/h2-3,9H,1,4-8H2,(H,14,17)(H,20,21). The van der Waals surface area contributed by atoms with E-state index < -0.39 is 17.1 Å². The Bertz CT molecular complexity index is 648. The Kier molecular flexibility index (Phi) is 4.56. The molecule has 1 unspecified atom stereocenters. The Morgan fingerprint density at radius 1 is 1.33 bits per heavy atom. The van der Waals surface area contributed by atoms with Crippen LogP contribution in [0.1, 0.15) is 19.3 Å². The number of nitrogens with one attached hydrogen (secondary N) is 1. The number of aromatic amines is 1. The molecule has 8 heteroatoms. The Balaban J connectivity index is 1.93. The van der Waals surface area contributed by atoms with Crippen LogP contribution in [0.15, 0.2) is 21.7 Å². The summed E-state index contributed by atoms with van der Waals surface area (Å²) >= 11 is 0. The number of rotatable bonds is 5. The summed E-state index contributed by atoms with van der Waals surface area (Å²) in [6, 6.07) is 2.23. The number of H-pyrrole nitrogens is 1. The molecule has 1 aliphatic rings. The second kappa shape index (κ2) is 6.38. The largest absolute Gasteiger partial charge is 0.481 e. The van der Waals surface area contributed by atoms with Crippen LogP contribution < -0.4 is 11.1 Å². The van der Waals surface area contributed by atoms with Crippen LogP contribution in [-0.4, -0.2) is 44.8 Å². The molecule has 0 bridgehead atoms. The van der Waals surface area contributed by atoms with Crippen LogP contribution >= 0.6 is 0 Å². The zero-order valence-electron chi connectivity index (χ0n) is 11.4. The van der Waals surface area contributed by atoms with Gasteiger partial charge in [-0.15, -0.1) is 0 Å². The lowest BCUT2D eigenvalue weighted by Gasteiger charge is -2.16. The van der Waals surface area contributed by atoms with Gasteiger partial charge in [0.15, 0.2) is 0 Å². The first-order valence-corrected chi connectivity index (χ1v) is 6.75. The predicted molar refractivity (Wildman–Crippen MR) is 72.9 cm³/mol. The molecule has 1 fully saturated rings. The molecular weight excluding hydrogens is 278 g/mol. The molecule has 0 aromatic carbocycles. The lowest BCUT2D eigenvalue weighted by atomic mass is 10.0. The topological polar surface area (TPSA) is 112 Å². The van der Waals surface area contributed by atoms with Crippen molar-refractivity contribution in [1.29, 1.82) is 0 Å². The maximum atomic E-state index is 12.1. The Hall–Kier alpha value is -2.38. The fourth-order valence-electron chi connectivity index (χ4n) is 2.44.